The molecule has 0 aliphatic carbocycles. The van der Waals surface area contributed by atoms with E-state index in [0.717, 1.165) is 11.1 Å². The van der Waals surface area contributed by atoms with E-state index in [1.807, 2.05) is 38.1 Å². The van der Waals surface area contributed by atoms with Crippen LogP contribution in [0.1, 0.15) is 16.7 Å². The second-order valence-corrected chi connectivity index (χ2v) is 6.97. The highest BCUT2D eigenvalue weighted by Gasteiger charge is 2.16. The van der Waals surface area contributed by atoms with Crippen molar-refractivity contribution in [3.05, 3.63) is 93.8 Å². The number of aromatic nitrogens is 1. The number of phenolic OH excluding ortho intramolecular Hbond substituents is 1. The number of nitrogens with zero attached hydrogens (tertiary/aromatic N) is 2. The molecule has 0 atom stereocenters. The molecule has 0 amide bonds. The zero-order chi connectivity index (χ0) is 20.5. The van der Waals surface area contributed by atoms with Gasteiger partial charge in [-0.15, -0.1) is 0 Å². The number of rotatable bonds is 3. The molecule has 1 aromatic heterocycles. The summed E-state index contributed by atoms with van der Waals surface area (Å²) in [6.45, 7) is 3.97. The van der Waals surface area contributed by atoms with Gasteiger partial charge < -0.3 is 10.2 Å². The zero-order valence-corrected chi connectivity index (χ0v) is 16.1. The van der Waals surface area contributed by atoms with Crippen LogP contribution in [0, 0.1) is 13.8 Å². The molecule has 4 aromatic rings. The van der Waals surface area contributed by atoms with Crippen molar-refractivity contribution in [3.63, 3.8) is 0 Å². The predicted molar refractivity (Wildman–Crippen MR) is 116 cm³/mol. The van der Waals surface area contributed by atoms with E-state index in [0.29, 0.717) is 27.7 Å². The third-order valence-corrected chi connectivity index (χ3v) is 5.04. The number of aryl methyl sites for hydroxylation is 2. The maximum Gasteiger partial charge on any atom is 0.265 e. The van der Waals surface area contributed by atoms with E-state index in [4.69, 9.17) is 0 Å². The lowest BCUT2D eigenvalue weighted by Crippen LogP contribution is -2.20. The number of aromatic hydroxyl groups is 2. The molecule has 2 N–H and O–H groups in total. The molecule has 0 fully saturated rings. The Morgan fingerprint density at radius 2 is 1.55 bits per heavy atom. The number of benzene rings is 3. The van der Waals surface area contributed by atoms with Crippen LogP contribution in [0.2, 0.25) is 0 Å². The zero-order valence-electron chi connectivity index (χ0n) is 16.1. The molecule has 0 saturated carbocycles. The standard InChI is InChI=1S/C24H20N2O3/c1-15-7-10-18(13-16(15)2)26-23(28)21-6-4-3-5-20(21)22(24(26)29)14-25-17-8-11-19(27)12-9-17/h3-14,27,29H,1-2H3. The van der Waals surface area contributed by atoms with Gasteiger partial charge in [-0.05, 0) is 67.4 Å². The molecule has 0 aliphatic rings. The van der Waals surface area contributed by atoms with E-state index < -0.39 is 0 Å². The van der Waals surface area contributed by atoms with E-state index in [2.05, 4.69) is 4.99 Å². The summed E-state index contributed by atoms with van der Waals surface area (Å²) in [6.07, 6.45) is 1.54. The van der Waals surface area contributed by atoms with Crippen LogP contribution < -0.4 is 5.56 Å². The summed E-state index contributed by atoms with van der Waals surface area (Å²) in [7, 11) is 0. The molecule has 1 heterocycles. The average Bonchev–Trinajstić information content (AvgIpc) is 2.72. The summed E-state index contributed by atoms with van der Waals surface area (Å²) in [6, 6.07) is 19.2. The van der Waals surface area contributed by atoms with Crippen LogP contribution in [-0.4, -0.2) is 21.0 Å². The highest BCUT2D eigenvalue weighted by atomic mass is 16.3. The molecule has 0 bridgehead atoms. The lowest BCUT2D eigenvalue weighted by molar-refractivity contribution is 0.436. The van der Waals surface area contributed by atoms with Crippen LogP contribution in [0.25, 0.3) is 16.5 Å². The van der Waals surface area contributed by atoms with E-state index in [9.17, 15) is 15.0 Å². The Balaban J connectivity index is 1.97. The van der Waals surface area contributed by atoms with Crippen LogP contribution in [-0.2, 0) is 0 Å². The summed E-state index contributed by atoms with van der Waals surface area (Å²) in [5.41, 5.74) is 3.52. The first-order chi connectivity index (χ1) is 14.0. The molecule has 5 heteroatoms. The molecule has 0 saturated heterocycles. The Labute approximate surface area is 167 Å². The number of pyridine rings is 1. The van der Waals surface area contributed by atoms with E-state index in [-0.39, 0.29) is 17.2 Å². The Kier molecular flexibility index (Phi) is 4.64. The number of hydrogen-bond acceptors (Lipinski definition) is 4. The summed E-state index contributed by atoms with van der Waals surface area (Å²) in [5.74, 6) is -0.0139. The third-order valence-electron chi connectivity index (χ3n) is 5.04. The molecule has 3 aromatic carbocycles. The predicted octanol–water partition coefficient (Wildman–Crippen LogP) is 4.77. The average molecular weight is 384 g/mol. The highest BCUT2D eigenvalue weighted by molar-refractivity contribution is 6.02. The smallest absolute Gasteiger partial charge is 0.265 e. The lowest BCUT2D eigenvalue weighted by Gasteiger charge is -2.14. The number of fused-ring (bicyclic) bond motifs is 1. The van der Waals surface area contributed by atoms with Crippen LogP contribution >= 0.6 is 0 Å². The second kappa shape index (κ2) is 7.28. The molecule has 29 heavy (non-hydrogen) atoms. The molecule has 0 aliphatic heterocycles. The largest absolute Gasteiger partial charge is 0.508 e. The first kappa shape index (κ1) is 18.5. The van der Waals surface area contributed by atoms with Gasteiger partial charge in [-0.2, -0.15) is 0 Å². The molecular weight excluding hydrogens is 364 g/mol. The van der Waals surface area contributed by atoms with Crippen molar-refractivity contribution in [2.75, 3.05) is 0 Å². The van der Waals surface area contributed by atoms with Crippen LogP contribution in [0.4, 0.5) is 5.69 Å². The van der Waals surface area contributed by atoms with Crippen molar-refractivity contribution in [2.24, 2.45) is 4.99 Å². The Morgan fingerprint density at radius 1 is 0.862 bits per heavy atom. The number of hydrogen-bond donors (Lipinski definition) is 2. The molecule has 5 nitrogen and oxygen atoms in total. The number of phenols is 1. The van der Waals surface area contributed by atoms with Crippen LogP contribution in [0.5, 0.6) is 11.6 Å². The van der Waals surface area contributed by atoms with Gasteiger partial charge in [0.1, 0.15) is 5.75 Å². The van der Waals surface area contributed by atoms with Gasteiger partial charge in [0, 0.05) is 17.0 Å². The summed E-state index contributed by atoms with van der Waals surface area (Å²) in [5, 5.41) is 21.6. The van der Waals surface area contributed by atoms with Gasteiger partial charge in [0.15, 0.2) is 0 Å². The fraction of sp³-hybridized carbons (Fsp3) is 0.0833. The van der Waals surface area contributed by atoms with Crippen LogP contribution in [0.3, 0.4) is 0 Å². The third kappa shape index (κ3) is 3.38. The molecule has 0 spiro atoms. The maximum absolute atomic E-state index is 13.1. The molecule has 0 unspecified atom stereocenters. The topological polar surface area (TPSA) is 74.8 Å². The summed E-state index contributed by atoms with van der Waals surface area (Å²) >= 11 is 0. The van der Waals surface area contributed by atoms with Gasteiger partial charge in [0.05, 0.1) is 16.9 Å². The van der Waals surface area contributed by atoms with E-state index in [1.54, 1.807) is 48.7 Å². The number of aliphatic imine (C=N–C) groups is 1. The lowest BCUT2D eigenvalue weighted by atomic mass is 10.1. The van der Waals surface area contributed by atoms with Gasteiger partial charge in [-0.3, -0.25) is 9.79 Å². The maximum atomic E-state index is 13.1. The normalized spacial score (nSPS) is 11.4. The minimum atomic E-state index is -0.289. The quantitative estimate of drug-likeness (QED) is 0.500. The Hall–Kier alpha value is -3.86. The first-order valence-electron chi connectivity index (χ1n) is 9.23. The van der Waals surface area contributed by atoms with Gasteiger partial charge in [-0.1, -0.05) is 24.3 Å². The summed E-state index contributed by atoms with van der Waals surface area (Å²) < 4.78 is 1.31. The van der Waals surface area contributed by atoms with Gasteiger partial charge in [-0.25, -0.2) is 4.57 Å². The summed E-state index contributed by atoms with van der Waals surface area (Å²) in [4.78, 5) is 17.6. The molecular formula is C24H20N2O3. The van der Waals surface area contributed by atoms with E-state index in [1.165, 1.54) is 4.57 Å². The van der Waals surface area contributed by atoms with Gasteiger partial charge >= 0.3 is 0 Å². The fourth-order valence-corrected chi connectivity index (χ4v) is 3.27. The second-order valence-electron chi connectivity index (χ2n) is 6.97. The minimum absolute atomic E-state index is 0.153. The Bertz CT molecular complexity index is 1300. The molecule has 0 radical (unpaired) electrons. The SMILES string of the molecule is Cc1ccc(-n2c(O)c(C=Nc3ccc(O)cc3)c3ccccc3c2=O)cc1C. The first-order valence-corrected chi connectivity index (χ1v) is 9.23. The highest BCUT2D eigenvalue weighted by Crippen LogP contribution is 2.27. The minimum Gasteiger partial charge on any atom is -0.508 e. The van der Waals surface area contributed by atoms with Gasteiger partial charge in [0.2, 0.25) is 5.88 Å². The van der Waals surface area contributed by atoms with Crippen molar-refractivity contribution in [3.8, 4) is 17.3 Å². The van der Waals surface area contributed by atoms with Crippen molar-refractivity contribution < 1.29 is 10.2 Å². The van der Waals surface area contributed by atoms with Crippen LogP contribution in [0.15, 0.2) is 76.5 Å². The Morgan fingerprint density at radius 3 is 2.24 bits per heavy atom. The van der Waals surface area contributed by atoms with Crippen molar-refractivity contribution >= 4 is 22.7 Å². The van der Waals surface area contributed by atoms with E-state index >= 15 is 0 Å². The molecule has 144 valence electrons. The van der Waals surface area contributed by atoms with Crippen molar-refractivity contribution in [2.45, 2.75) is 13.8 Å². The monoisotopic (exact) mass is 384 g/mol. The van der Waals surface area contributed by atoms with Crippen molar-refractivity contribution in [1.29, 1.82) is 0 Å². The molecule has 4 rings (SSSR count). The van der Waals surface area contributed by atoms with Gasteiger partial charge in [0.25, 0.3) is 5.56 Å². The fourth-order valence-electron chi connectivity index (χ4n) is 3.27. The van der Waals surface area contributed by atoms with Crippen molar-refractivity contribution in [1.82, 2.24) is 4.57 Å².